The summed E-state index contributed by atoms with van der Waals surface area (Å²) in [7, 11) is 0. The van der Waals surface area contributed by atoms with Crippen molar-refractivity contribution in [3.8, 4) is 22.3 Å². The normalized spacial score (nSPS) is 15.1. The molecule has 2 aromatic heterocycles. The fourth-order valence-corrected chi connectivity index (χ4v) is 10.1. The molecule has 0 fully saturated rings. The summed E-state index contributed by atoms with van der Waals surface area (Å²) in [6.07, 6.45) is 14.4. The lowest BCUT2D eigenvalue weighted by Gasteiger charge is -2.25. The van der Waals surface area contributed by atoms with Gasteiger partial charge in [0.1, 0.15) is 0 Å². The molecule has 1 aliphatic heterocycles. The lowest BCUT2D eigenvalue weighted by atomic mass is 9.89. The van der Waals surface area contributed by atoms with Crippen LogP contribution in [0.2, 0.25) is 0 Å². The quantitative estimate of drug-likeness (QED) is 0.160. The number of fused-ring (bicyclic) bond motifs is 10. The number of hydrogen-bond acceptors (Lipinski definition) is 2. The molecule has 0 radical (unpaired) electrons. The van der Waals surface area contributed by atoms with Crippen LogP contribution in [0.4, 0.5) is 0 Å². The Morgan fingerprint density at radius 1 is 0.597 bits per heavy atom. The number of nitrogens with zero attached hydrogens (tertiary/aromatic N) is 3. The molecule has 1 N–H and O–H groups in total. The highest BCUT2D eigenvalue weighted by Crippen LogP contribution is 2.45. The van der Waals surface area contributed by atoms with Gasteiger partial charge in [-0.05, 0) is 105 Å². The Balaban J connectivity index is 1.04. The first-order valence-electron chi connectivity index (χ1n) is 21.5. The van der Waals surface area contributed by atoms with Crippen molar-refractivity contribution in [3.05, 3.63) is 223 Å². The number of para-hydroxylation sites is 3. The molecule has 62 heavy (non-hydrogen) atoms. The summed E-state index contributed by atoms with van der Waals surface area (Å²) in [6, 6.07) is 57.7. The lowest BCUT2D eigenvalue weighted by molar-refractivity contribution is 0.489. The predicted molar refractivity (Wildman–Crippen MR) is 262 cm³/mol. The van der Waals surface area contributed by atoms with E-state index in [1.807, 2.05) is 24.3 Å². The van der Waals surface area contributed by atoms with Gasteiger partial charge >= 0.3 is 0 Å². The second-order valence-electron chi connectivity index (χ2n) is 16.3. The lowest BCUT2D eigenvalue weighted by Crippen LogP contribution is -2.41. The molecular formula is C58H42N4. The molecule has 2 aliphatic rings. The van der Waals surface area contributed by atoms with Crippen LogP contribution < -0.4 is 15.9 Å². The molecule has 294 valence electrons. The van der Waals surface area contributed by atoms with Crippen molar-refractivity contribution < 1.29 is 0 Å². The first kappa shape index (κ1) is 35.9. The van der Waals surface area contributed by atoms with E-state index >= 15 is 0 Å². The Kier molecular flexibility index (Phi) is 8.32. The molecule has 3 heterocycles. The van der Waals surface area contributed by atoms with Gasteiger partial charge in [-0.25, -0.2) is 4.99 Å². The van der Waals surface area contributed by atoms with Gasteiger partial charge in [-0.15, -0.1) is 0 Å². The second kappa shape index (κ2) is 14.4. The monoisotopic (exact) mass is 794 g/mol. The van der Waals surface area contributed by atoms with Crippen molar-refractivity contribution in [2.24, 2.45) is 4.99 Å². The minimum Gasteiger partial charge on any atom is -0.345 e. The summed E-state index contributed by atoms with van der Waals surface area (Å²) < 4.78 is 4.80. The first-order valence-corrected chi connectivity index (χ1v) is 21.5. The van der Waals surface area contributed by atoms with Crippen molar-refractivity contribution in [3.63, 3.8) is 0 Å². The maximum atomic E-state index is 5.28. The van der Waals surface area contributed by atoms with Crippen molar-refractivity contribution in [2.75, 3.05) is 0 Å². The SMILES string of the molecule is C=C/C=C\C(=C)C1=c2ccccc2=NC(n2c3ccccc3c3cc(-c4ccc(-c5cc6c(c7ccccc57)c5ccccc5n6C5=CCCC=C5)c5ccccc45)ccc32)N1. The average Bonchev–Trinajstić information content (AvgIpc) is 3.85. The van der Waals surface area contributed by atoms with Gasteiger partial charge in [0, 0.05) is 32.5 Å². The van der Waals surface area contributed by atoms with Crippen LogP contribution in [0.25, 0.3) is 98.8 Å². The van der Waals surface area contributed by atoms with E-state index in [4.69, 9.17) is 4.99 Å². The predicted octanol–water partition coefficient (Wildman–Crippen LogP) is 13.5. The number of aromatic nitrogens is 2. The number of allylic oxidation sites excluding steroid dienone is 6. The molecule has 1 atom stereocenters. The van der Waals surface area contributed by atoms with Crippen LogP contribution in [-0.4, -0.2) is 9.13 Å². The van der Waals surface area contributed by atoms with E-state index in [2.05, 4.69) is 191 Å². The Hall–Kier alpha value is -7.95. The van der Waals surface area contributed by atoms with Gasteiger partial charge < -0.3 is 14.5 Å². The molecule has 12 rings (SSSR count). The van der Waals surface area contributed by atoms with Crippen LogP contribution >= 0.6 is 0 Å². The Morgan fingerprint density at radius 2 is 1.26 bits per heavy atom. The topological polar surface area (TPSA) is 34.2 Å². The molecule has 10 aromatic rings. The molecule has 1 unspecified atom stereocenters. The Morgan fingerprint density at radius 3 is 2.05 bits per heavy atom. The third-order valence-electron chi connectivity index (χ3n) is 12.9. The van der Waals surface area contributed by atoms with E-state index < -0.39 is 0 Å². The molecule has 0 spiro atoms. The minimum atomic E-state index is -0.376. The first-order chi connectivity index (χ1) is 30.7. The third kappa shape index (κ3) is 5.50. The molecule has 0 saturated carbocycles. The molecule has 0 amide bonds. The highest BCUT2D eigenvalue weighted by Gasteiger charge is 2.24. The van der Waals surface area contributed by atoms with Crippen molar-refractivity contribution in [1.29, 1.82) is 0 Å². The second-order valence-corrected chi connectivity index (χ2v) is 16.3. The number of nitrogens with one attached hydrogen (secondary N) is 1. The van der Waals surface area contributed by atoms with Gasteiger partial charge in [0.25, 0.3) is 0 Å². The highest BCUT2D eigenvalue weighted by molar-refractivity contribution is 6.26. The van der Waals surface area contributed by atoms with Crippen LogP contribution in [-0.2, 0) is 0 Å². The fraction of sp³-hybridized carbons (Fsp3) is 0.0517. The summed E-state index contributed by atoms with van der Waals surface area (Å²) in [5.41, 5.74) is 12.6. The van der Waals surface area contributed by atoms with Crippen molar-refractivity contribution >= 4 is 76.6 Å². The summed E-state index contributed by atoms with van der Waals surface area (Å²) in [5, 5.41) is 15.7. The number of benzene rings is 8. The molecule has 0 bridgehead atoms. The summed E-state index contributed by atoms with van der Waals surface area (Å²) in [4.78, 5) is 5.28. The molecule has 4 heteroatoms. The zero-order chi connectivity index (χ0) is 41.3. The van der Waals surface area contributed by atoms with Gasteiger partial charge in [0.05, 0.1) is 33.1 Å². The van der Waals surface area contributed by atoms with E-state index in [0.29, 0.717) is 0 Å². The Bertz CT molecular complexity index is 3770. The van der Waals surface area contributed by atoms with Crippen LogP contribution in [0.3, 0.4) is 0 Å². The smallest absolute Gasteiger partial charge is 0.201 e. The minimum absolute atomic E-state index is 0.376. The largest absolute Gasteiger partial charge is 0.345 e. The van der Waals surface area contributed by atoms with Gasteiger partial charge in [0.15, 0.2) is 0 Å². The van der Waals surface area contributed by atoms with Crippen LogP contribution in [0.15, 0.2) is 218 Å². The Labute approximate surface area is 359 Å². The van der Waals surface area contributed by atoms with E-state index in [1.54, 1.807) is 6.08 Å². The molecule has 4 nitrogen and oxygen atoms in total. The van der Waals surface area contributed by atoms with E-state index in [1.165, 1.54) is 82.1 Å². The zero-order valence-corrected chi connectivity index (χ0v) is 34.2. The third-order valence-corrected chi connectivity index (χ3v) is 12.9. The summed E-state index contributed by atoms with van der Waals surface area (Å²) in [6.45, 7) is 8.29. The van der Waals surface area contributed by atoms with E-state index in [9.17, 15) is 0 Å². The average molecular weight is 795 g/mol. The summed E-state index contributed by atoms with van der Waals surface area (Å²) >= 11 is 0. The maximum absolute atomic E-state index is 5.28. The molecule has 8 aromatic carbocycles. The fourth-order valence-electron chi connectivity index (χ4n) is 10.1. The van der Waals surface area contributed by atoms with Crippen LogP contribution in [0, 0.1) is 0 Å². The van der Waals surface area contributed by atoms with Gasteiger partial charge in [0.2, 0.25) is 6.29 Å². The maximum Gasteiger partial charge on any atom is 0.201 e. The van der Waals surface area contributed by atoms with Gasteiger partial charge in [-0.3, -0.25) is 0 Å². The number of hydrogen-bond donors (Lipinski definition) is 1. The van der Waals surface area contributed by atoms with Gasteiger partial charge in [-0.1, -0.05) is 165 Å². The number of rotatable bonds is 7. The van der Waals surface area contributed by atoms with E-state index in [0.717, 1.165) is 45.7 Å². The van der Waals surface area contributed by atoms with Crippen molar-refractivity contribution in [1.82, 2.24) is 14.5 Å². The van der Waals surface area contributed by atoms with Crippen LogP contribution in [0.1, 0.15) is 19.1 Å². The molecular weight excluding hydrogens is 753 g/mol. The molecule has 1 aliphatic carbocycles. The highest BCUT2D eigenvalue weighted by atomic mass is 15.3. The standard InChI is InChI=1S/C58H42N4/c1-3-4-18-37(2)57-47-26-12-15-28-51(47)59-58(60-57)62-52-29-16-13-24-45(52)50-35-38(31-34-54(50)62)40-32-33-44(42-22-9-8-21-41(40)42)49-36-55-56(46-25-11-10-23-43(46)49)48-27-14-17-30-53(48)61(55)39-19-6-5-7-20-39/h3-4,6,8-36,58,60H,1-2,5,7H2/b18-4-. The van der Waals surface area contributed by atoms with E-state index in [-0.39, 0.29) is 6.29 Å². The zero-order valence-electron chi connectivity index (χ0n) is 34.2. The summed E-state index contributed by atoms with van der Waals surface area (Å²) in [5.74, 6) is 0. The molecule has 0 saturated heterocycles. The van der Waals surface area contributed by atoms with Crippen molar-refractivity contribution in [2.45, 2.75) is 19.1 Å². The van der Waals surface area contributed by atoms with Crippen LogP contribution in [0.5, 0.6) is 0 Å². The van der Waals surface area contributed by atoms with Gasteiger partial charge in [-0.2, -0.15) is 0 Å².